The Balaban J connectivity index is 1.41. The fraction of sp³-hybridized carbons (Fsp3) is 0.609. The number of fused-ring (bicyclic) bond motifs is 1. The van der Waals surface area contributed by atoms with Crippen molar-refractivity contribution in [3.05, 3.63) is 35.1 Å². The lowest BCUT2D eigenvalue weighted by atomic mass is 9.77. The zero-order valence-corrected chi connectivity index (χ0v) is 17.7. The van der Waals surface area contributed by atoms with Gasteiger partial charge in [0.05, 0.1) is 11.3 Å². The van der Waals surface area contributed by atoms with Gasteiger partial charge in [-0.05, 0) is 44.4 Å². The molecule has 0 aromatic heterocycles. The van der Waals surface area contributed by atoms with Crippen LogP contribution in [0.25, 0.3) is 0 Å². The Bertz CT molecular complexity index is 897. The number of hydrogen-bond acceptors (Lipinski definition) is 4. The predicted molar refractivity (Wildman–Crippen MR) is 115 cm³/mol. The van der Waals surface area contributed by atoms with Crippen LogP contribution in [0, 0.1) is 17.8 Å². The highest BCUT2D eigenvalue weighted by Crippen LogP contribution is 2.35. The Morgan fingerprint density at radius 3 is 2.68 bits per heavy atom. The van der Waals surface area contributed by atoms with E-state index in [1.165, 1.54) is 12.2 Å². The number of nitrogens with one attached hydrogen (secondary N) is 1. The summed E-state index contributed by atoms with van der Waals surface area (Å²) in [5, 5.41) is 3.44. The number of rotatable bonds is 2. The molecule has 4 atom stereocenters. The smallest absolute Gasteiger partial charge is 0.382 e. The van der Waals surface area contributed by atoms with Crippen LogP contribution in [0.4, 0.5) is 13.2 Å². The van der Waals surface area contributed by atoms with Crippen LogP contribution in [-0.2, 0) is 4.79 Å². The van der Waals surface area contributed by atoms with E-state index in [4.69, 9.17) is 5.73 Å². The summed E-state index contributed by atoms with van der Waals surface area (Å²) in [6.07, 6.45) is 5.71. The number of alkyl halides is 3. The fourth-order valence-corrected chi connectivity index (χ4v) is 5.12. The standard InChI is InChI=1S/C23H29F3N4O/c1-13-20(29-18-5-3-2-4-17(18)21(13)31)22(27)30-19-11-8-15(12-28-19)14-6-9-16(10-7-14)23(24,25)26/h6,9-10,14-15,17-18,29H,2-5,7-8,11-12H2,1H3,(H2,27,28,30). The second kappa shape index (κ2) is 8.63. The molecule has 4 rings (SSSR count). The van der Waals surface area contributed by atoms with Gasteiger partial charge in [0.15, 0.2) is 5.78 Å². The van der Waals surface area contributed by atoms with E-state index in [0.29, 0.717) is 42.3 Å². The van der Waals surface area contributed by atoms with Crippen LogP contribution < -0.4 is 11.1 Å². The highest BCUT2D eigenvalue weighted by Gasteiger charge is 2.38. The molecule has 0 spiro atoms. The molecule has 2 heterocycles. The van der Waals surface area contributed by atoms with Gasteiger partial charge in [-0.25, -0.2) is 4.99 Å². The molecule has 2 aliphatic carbocycles. The van der Waals surface area contributed by atoms with E-state index in [2.05, 4.69) is 15.3 Å². The van der Waals surface area contributed by atoms with Gasteiger partial charge in [0.1, 0.15) is 11.7 Å². The van der Waals surface area contributed by atoms with Crippen LogP contribution >= 0.6 is 0 Å². The summed E-state index contributed by atoms with van der Waals surface area (Å²) in [6, 6.07) is 0.124. The van der Waals surface area contributed by atoms with E-state index < -0.39 is 11.7 Å². The second-order valence-electron chi connectivity index (χ2n) is 8.97. The van der Waals surface area contributed by atoms with E-state index in [9.17, 15) is 18.0 Å². The molecule has 5 nitrogen and oxygen atoms in total. The second-order valence-corrected chi connectivity index (χ2v) is 8.97. The van der Waals surface area contributed by atoms with Gasteiger partial charge in [-0.1, -0.05) is 31.1 Å². The Kier molecular flexibility index (Phi) is 6.08. The highest BCUT2D eigenvalue weighted by atomic mass is 19.4. The first-order valence-electron chi connectivity index (χ1n) is 11.1. The molecular weight excluding hydrogens is 405 g/mol. The SMILES string of the molecule is CC1=C(C(N)=NC2=NCC(C3C=CC(C(F)(F)F)=CC3)CC2)NC2CCCCC2C1=O. The van der Waals surface area contributed by atoms with Gasteiger partial charge in [0.25, 0.3) is 0 Å². The normalized spacial score (nSPS) is 32.3. The maximum Gasteiger partial charge on any atom is 0.416 e. The third-order valence-corrected chi connectivity index (χ3v) is 7.00. The summed E-state index contributed by atoms with van der Waals surface area (Å²) in [5.74, 6) is 1.39. The summed E-state index contributed by atoms with van der Waals surface area (Å²) >= 11 is 0. The van der Waals surface area contributed by atoms with Gasteiger partial charge in [-0.2, -0.15) is 13.2 Å². The van der Waals surface area contributed by atoms with E-state index in [1.54, 1.807) is 13.0 Å². The zero-order valence-electron chi connectivity index (χ0n) is 17.7. The van der Waals surface area contributed by atoms with Crippen molar-refractivity contribution in [2.24, 2.45) is 33.5 Å². The number of nitrogens with zero attached hydrogens (tertiary/aromatic N) is 2. The molecule has 31 heavy (non-hydrogen) atoms. The van der Waals surface area contributed by atoms with E-state index in [-0.39, 0.29) is 29.6 Å². The maximum atomic E-state index is 12.8. The van der Waals surface area contributed by atoms with Crippen LogP contribution in [0.3, 0.4) is 0 Å². The number of halogens is 3. The molecule has 4 aliphatic rings. The number of allylic oxidation sites excluding steroid dienone is 5. The third-order valence-electron chi connectivity index (χ3n) is 7.00. The first-order valence-corrected chi connectivity index (χ1v) is 11.1. The van der Waals surface area contributed by atoms with Gasteiger partial charge in [0.2, 0.25) is 0 Å². The zero-order chi connectivity index (χ0) is 22.2. The fourth-order valence-electron chi connectivity index (χ4n) is 5.12. The summed E-state index contributed by atoms with van der Waals surface area (Å²) < 4.78 is 38.3. The minimum absolute atomic E-state index is 0.0357. The molecule has 2 aliphatic heterocycles. The molecule has 0 bridgehead atoms. The quantitative estimate of drug-likeness (QED) is 0.504. The number of nitrogens with two attached hydrogens (primary N) is 1. The number of Topliss-reactive ketones (excluding diaryl/α,β-unsaturated/α-hetero) is 1. The van der Waals surface area contributed by atoms with Crippen molar-refractivity contribution in [1.82, 2.24) is 5.32 Å². The Labute approximate surface area is 180 Å². The minimum Gasteiger partial charge on any atom is -0.382 e. The molecular formula is C23H29F3N4O. The van der Waals surface area contributed by atoms with Crippen LogP contribution in [0.1, 0.15) is 51.9 Å². The van der Waals surface area contributed by atoms with Crippen LogP contribution in [-0.4, -0.2) is 36.2 Å². The molecule has 0 aromatic rings. The number of carbonyl (C=O) groups is 1. The van der Waals surface area contributed by atoms with E-state index in [0.717, 1.165) is 32.1 Å². The van der Waals surface area contributed by atoms with Gasteiger partial charge in [0, 0.05) is 30.5 Å². The predicted octanol–water partition coefficient (Wildman–Crippen LogP) is 4.22. The van der Waals surface area contributed by atoms with Crippen LogP contribution in [0.2, 0.25) is 0 Å². The van der Waals surface area contributed by atoms with Gasteiger partial charge in [-0.15, -0.1) is 0 Å². The third kappa shape index (κ3) is 4.62. The van der Waals surface area contributed by atoms with Crippen molar-refractivity contribution < 1.29 is 18.0 Å². The molecule has 4 unspecified atom stereocenters. The van der Waals surface area contributed by atoms with Gasteiger partial charge in [-0.3, -0.25) is 9.79 Å². The molecule has 3 N–H and O–H groups in total. The highest BCUT2D eigenvalue weighted by molar-refractivity contribution is 6.11. The lowest BCUT2D eigenvalue weighted by Crippen LogP contribution is -2.49. The summed E-state index contributed by atoms with van der Waals surface area (Å²) in [6.45, 7) is 2.32. The lowest BCUT2D eigenvalue weighted by molar-refractivity contribution is -0.121. The summed E-state index contributed by atoms with van der Waals surface area (Å²) in [7, 11) is 0. The first kappa shape index (κ1) is 21.8. The number of aliphatic imine (C=N–C) groups is 2. The molecule has 0 aromatic carbocycles. The van der Waals surface area contributed by atoms with Crippen molar-refractivity contribution in [3.63, 3.8) is 0 Å². The molecule has 0 saturated heterocycles. The number of amidine groups is 2. The number of ketones is 1. The lowest BCUT2D eigenvalue weighted by Gasteiger charge is -2.37. The molecule has 168 valence electrons. The van der Waals surface area contributed by atoms with Crippen molar-refractivity contribution in [2.75, 3.05) is 6.54 Å². The van der Waals surface area contributed by atoms with Gasteiger partial charge >= 0.3 is 6.18 Å². The summed E-state index contributed by atoms with van der Waals surface area (Å²) in [5.41, 5.74) is 6.95. The number of carbonyl (C=O) groups excluding carboxylic acids is 1. The average molecular weight is 435 g/mol. The number of hydrogen-bond donors (Lipinski definition) is 2. The summed E-state index contributed by atoms with van der Waals surface area (Å²) in [4.78, 5) is 21.8. The molecule has 0 radical (unpaired) electrons. The maximum absolute atomic E-state index is 12.8. The molecule has 1 fully saturated rings. The van der Waals surface area contributed by atoms with Crippen LogP contribution in [0.15, 0.2) is 45.1 Å². The largest absolute Gasteiger partial charge is 0.416 e. The Morgan fingerprint density at radius 1 is 1.26 bits per heavy atom. The van der Waals surface area contributed by atoms with Crippen molar-refractivity contribution in [2.45, 2.75) is 64.1 Å². The van der Waals surface area contributed by atoms with Crippen LogP contribution in [0.5, 0.6) is 0 Å². The van der Waals surface area contributed by atoms with E-state index >= 15 is 0 Å². The van der Waals surface area contributed by atoms with Crippen molar-refractivity contribution >= 4 is 17.5 Å². The average Bonchev–Trinajstić information content (AvgIpc) is 2.76. The Hall–Kier alpha value is -2.38. The van der Waals surface area contributed by atoms with Crippen molar-refractivity contribution in [3.8, 4) is 0 Å². The molecule has 0 amide bonds. The topological polar surface area (TPSA) is 79.8 Å². The Morgan fingerprint density at radius 2 is 2.03 bits per heavy atom. The molecule has 1 saturated carbocycles. The van der Waals surface area contributed by atoms with Gasteiger partial charge < -0.3 is 11.1 Å². The monoisotopic (exact) mass is 434 g/mol. The molecule has 8 heteroatoms. The first-order chi connectivity index (χ1) is 14.7. The van der Waals surface area contributed by atoms with Crippen molar-refractivity contribution in [1.29, 1.82) is 0 Å². The van der Waals surface area contributed by atoms with E-state index in [1.807, 2.05) is 0 Å². The minimum atomic E-state index is -4.29.